The molecule has 1 atom stereocenters. The SMILES string of the molecule is CCOCCCC[C@@H](O)C(F)(F)F. The normalized spacial score (nSPS) is 14.5. The Hall–Kier alpha value is -0.290. The first kappa shape index (κ1) is 12.7. The van der Waals surface area contributed by atoms with Gasteiger partial charge in [0.15, 0.2) is 0 Å². The van der Waals surface area contributed by atoms with Crippen LogP contribution in [0.15, 0.2) is 0 Å². The van der Waals surface area contributed by atoms with E-state index in [1.807, 2.05) is 6.92 Å². The molecule has 0 bridgehead atoms. The highest BCUT2D eigenvalue weighted by atomic mass is 19.4. The van der Waals surface area contributed by atoms with Crippen LogP contribution in [0.2, 0.25) is 0 Å². The van der Waals surface area contributed by atoms with Gasteiger partial charge < -0.3 is 9.84 Å². The third kappa shape index (κ3) is 6.83. The van der Waals surface area contributed by atoms with Crippen LogP contribution in [0.4, 0.5) is 13.2 Å². The van der Waals surface area contributed by atoms with Crippen molar-refractivity contribution in [3.05, 3.63) is 0 Å². The molecule has 0 aromatic heterocycles. The zero-order valence-electron chi connectivity index (χ0n) is 7.60. The van der Waals surface area contributed by atoms with E-state index >= 15 is 0 Å². The van der Waals surface area contributed by atoms with Gasteiger partial charge >= 0.3 is 6.18 Å². The fourth-order valence-electron chi connectivity index (χ4n) is 0.850. The topological polar surface area (TPSA) is 29.5 Å². The molecule has 5 heteroatoms. The van der Waals surface area contributed by atoms with Crippen molar-refractivity contribution in [2.45, 2.75) is 38.5 Å². The average Bonchev–Trinajstić information content (AvgIpc) is 2.02. The van der Waals surface area contributed by atoms with Crippen molar-refractivity contribution in [1.82, 2.24) is 0 Å². The van der Waals surface area contributed by atoms with Crippen LogP contribution in [-0.4, -0.2) is 30.6 Å². The molecule has 0 aliphatic heterocycles. The van der Waals surface area contributed by atoms with Gasteiger partial charge in [0.2, 0.25) is 0 Å². The van der Waals surface area contributed by atoms with Gasteiger partial charge in [-0.1, -0.05) is 0 Å². The molecular formula is C8H15F3O2. The fourth-order valence-corrected chi connectivity index (χ4v) is 0.850. The zero-order valence-corrected chi connectivity index (χ0v) is 7.60. The lowest BCUT2D eigenvalue weighted by Crippen LogP contribution is -2.28. The van der Waals surface area contributed by atoms with E-state index in [0.29, 0.717) is 26.1 Å². The summed E-state index contributed by atoms with van der Waals surface area (Å²) < 4.78 is 40.2. The van der Waals surface area contributed by atoms with E-state index < -0.39 is 12.3 Å². The Labute approximate surface area is 75.7 Å². The second-order valence-corrected chi connectivity index (χ2v) is 2.75. The third-order valence-electron chi connectivity index (χ3n) is 1.60. The smallest absolute Gasteiger partial charge is 0.384 e. The number of ether oxygens (including phenoxy) is 1. The van der Waals surface area contributed by atoms with Crippen LogP contribution in [0.25, 0.3) is 0 Å². The predicted molar refractivity (Wildman–Crippen MR) is 42.4 cm³/mol. The second-order valence-electron chi connectivity index (χ2n) is 2.75. The van der Waals surface area contributed by atoms with Crippen molar-refractivity contribution in [2.75, 3.05) is 13.2 Å². The molecule has 0 radical (unpaired) electrons. The van der Waals surface area contributed by atoms with Gasteiger partial charge in [0.05, 0.1) is 0 Å². The van der Waals surface area contributed by atoms with E-state index in [0.717, 1.165) is 0 Å². The Morgan fingerprint density at radius 3 is 2.38 bits per heavy atom. The number of unbranched alkanes of at least 4 members (excludes halogenated alkanes) is 1. The number of hydrogen-bond donors (Lipinski definition) is 1. The number of hydrogen-bond acceptors (Lipinski definition) is 2. The Morgan fingerprint density at radius 2 is 1.92 bits per heavy atom. The number of rotatable bonds is 6. The Bertz CT molecular complexity index is 125. The largest absolute Gasteiger partial charge is 0.414 e. The summed E-state index contributed by atoms with van der Waals surface area (Å²) in [6.07, 6.45) is -6.02. The Kier molecular flexibility index (Phi) is 6.07. The number of aliphatic hydroxyl groups excluding tert-OH is 1. The standard InChI is InChI=1S/C8H15F3O2/c1-2-13-6-4-3-5-7(12)8(9,10)11/h7,12H,2-6H2,1H3/t7-/m1/s1. The molecule has 0 fully saturated rings. The van der Waals surface area contributed by atoms with Gasteiger partial charge in [-0.15, -0.1) is 0 Å². The van der Waals surface area contributed by atoms with Crippen LogP contribution >= 0.6 is 0 Å². The van der Waals surface area contributed by atoms with Gasteiger partial charge in [-0.2, -0.15) is 13.2 Å². The van der Waals surface area contributed by atoms with Crippen LogP contribution in [0, 0.1) is 0 Å². The molecule has 0 amide bonds. The molecule has 0 aliphatic carbocycles. The first-order valence-electron chi connectivity index (χ1n) is 4.31. The van der Waals surface area contributed by atoms with Gasteiger partial charge in [-0.05, 0) is 26.2 Å². The molecule has 2 nitrogen and oxygen atoms in total. The average molecular weight is 200 g/mol. The van der Waals surface area contributed by atoms with Crippen LogP contribution in [0.3, 0.4) is 0 Å². The molecule has 0 unspecified atom stereocenters. The van der Waals surface area contributed by atoms with E-state index in [9.17, 15) is 13.2 Å². The van der Waals surface area contributed by atoms with Crippen molar-refractivity contribution >= 4 is 0 Å². The summed E-state index contributed by atoms with van der Waals surface area (Å²) in [5.41, 5.74) is 0. The van der Waals surface area contributed by atoms with Crippen molar-refractivity contribution in [3.8, 4) is 0 Å². The molecular weight excluding hydrogens is 185 g/mol. The lowest BCUT2D eigenvalue weighted by atomic mass is 10.1. The molecule has 0 saturated carbocycles. The first-order valence-corrected chi connectivity index (χ1v) is 4.31. The lowest BCUT2D eigenvalue weighted by Gasteiger charge is -2.13. The molecule has 0 heterocycles. The maximum absolute atomic E-state index is 11.7. The summed E-state index contributed by atoms with van der Waals surface area (Å²) >= 11 is 0. The summed E-state index contributed by atoms with van der Waals surface area (Å²) in [6.45, 7) is 2.85. The van der Waals surface area contributed by atoms with Crippen molar-refractivity contribution in [3.63, 3.8) is 0 Å². The second kappa shape index (κ2) is 6.21. The van der Waals surface area contributed by atoms with Gasteiger partial charge in [-0.25, -0.2) is 0 Å². The molecule has 0 aromatic rings. The molecule has 80 valence electrons. The maximum atomic E-state index is 11.7. The van der Waals surface area contributed by atoms with Crippen molar-refractivity contribution in [1.29, 1.82) is 0 Å². The van der Waals surface area contributed by atoms with E-state index in [-0.39, 0.29) is 6.42 Å². The summed E-state index contributed by atoms with van der Waals surface area (Å²) in [5.74, 6) is 0. The van der Waals surface area contributed by atoms with Crippen molar-refractivity contribution in [2.24, 2.45) is 0 Å². The van der Waals surface area contributed by atoms with Gasteiger partial charge in [0.25, 0.3) is 0 Å². The fraction of sp³-hybridized carbons (Fsp3) is 1.00. The first-order chi connectivity index (χ1) is 5.98. The van der Waals surface area contributed by atoms with Crippen LogP contribution < -0.4 is 0 Å². The lowest BCUT2D eigenvalue weighted by molar-refractivity contribution is -0.205. The highest BCUT2D eigenvalue weighted by molar-refractivity contribution is 4.64. The third-order valence-corrected chi connectivity index (χ3v) is 1.60. The number of halogens is 3. The molecule has 0 aromatic carbocycles. The van der Waals surface area contributed by atoms with E-state index in [1.165, 1.54) is 0 Å². The quantitative estimate of drug-likeness (QED) is 0.665. The number of aliphatic hydroxyl groups is 1. The van der Waals surface area contributed by atoms with Crippen LogP contribution in [0.1, 0.15) is 26.2 Å². The van der Waals surface area contributed by atoms with E-state index in [2.05, 4.69) is 0 Å². The van der Waals surface area contributed by atoms with E-state index in [4.69, 9.17) is 9.84 Å². The summed E-state index contributed by atoms with van der Waals surface area (Å²) in [7, 11) is 0. The van der Waals surface area contributed by atoms with Crippen molar-refractivity contribution < 1.29 is 23.0 Å². The predicted octanol–water partition coefficient (Wildman–Crippen LogP) is 2.12. The van der Waals surface area contributed by atoms with Crippen LogP contribution in [-0.2, 0) is 4.74 Å². The minimum absolute atomic E-state index is 0.240. The van der Waals surface area contributed by atoms with Crippen LogP contribution in [0.5, 0.6) is 0 Å². The van der Waals surface area contributed by atoms with E-state index in [1.54, 1.807) is 0 Å². The zero-order chi connectivity index (χ0) is 10.3. The van der Waals surface area contributed by atoms with Gasteiger partial charge in [-0.3, -0.25) is 0 Å². The monoisotopic (exact) mass is 200 g/mol. The molecule has 0 aliphatic rings. The Morgan fingerprint density at radius 1 is 1.31 bits per heavy atom. The summed E-state index contributed by atoms with van der Waals surface area (Å²) in [6, 6.07) is 0. The van der Waals surface area contributed by atoms with Gasteiger partial charge in [0, 0.05) is 13.2 Å². The molecule has 13 heavy (non-hydrogen) atoms. The Balaban J connectivity index is 3.32. The maximum Gasteiger partial charge on any atom is 0.414 e. The molecule has 0 rings (SSSR count). The number of alkyl halides is 3. The molecule has 1 N–H and O–H groups in total. The highest BCUT2D eigenvalue weighted by Crippen LogP contribution is 2.23. The minimum atomic E-state index is -4.48. The van der Waals surface area contributed by atoms with Gasteiger partial charge in [0.1, 0.15) is 6.10 Å². The molecule has 0 spiro atoms. The minimum Gasteiger partial charge on any atom is -0.384 e. The highest BCUT2D eigenvalue weighted by Gasteiger charge is 2.37. The summed E-state index contributed by atoms with van der Waals surface area (Å²) in [4.78, 5) is 0. The summed E-state index contributed by atoms with van der Waals surface area (Å²) in [5, 5.41) is 8.58. The molecule has 0 saturated heterocycles.